The normalized spacial score (nSPS) is 25.3. The Morgan fingerprint density at radius 2 is 1.53 bits per heavy atom. The minimum Gasteiger partial charge on any atom is -0.492 e. The fraction of sp³-hybridized carbons (Fsp3) is 0.667. The summed E-state index contributed by atoms with van der Waals surface area (Å²) >= 11 is 0. The lowest BCUT2D eigenvalue weighted by atomic mass is 10.3. The molecule has 0 amide bonds. The van der Waals surface area contributed by atoms with E-state index in [-0.39, 0.29) is 17.1 Å². The van der Waals surface area contributed by atoms with Crippen molar-refractivity contribution in [2.75, 3.05) is 52.4 Å². The number of primary sulfonamides is 1. The number of sulfonamides is 1. The van der Waals surface area contributed by atoms with Crippen LogP contribution < -0.4 is 9.88 Å². The Labute approximate surface area is 178 Å². The second-order valence-electron chi connectivity index (χ2n) is 7.69. The zero-order valence-corrected chi connectivity index (χ0v) is 18.9. The van der Waals surface area contributed by atoms with Crippen molar-refractivity contribution in [3.05, 3.63) is 24.3 Å². The van der Waals surface area contributed by atoms with Crippen LogP contribution in [0.5, 0.6) is 5.75 Å². The molecule has 1 aromatic carbocycles. The van der Waals surface area contributed by atoms with Crippen LogP contribution in [0.25, 0.3) is 0 Å². The van der Waals surface area contributed by atoms with Gasteiger partial charge in [-0.2, -0.15) is 17.0 Å². The molecule has 0 aromatic heterocycles. The maximum atomic E-state index is 12.9. The molecule has 30 heavy (non-hydrogen) atoms. The van der Waals surface area contributed by atoms with Crippen molar-refractivity contribution in [1.82, 2.24) is 13.5 Å². The summed E-state index contributed by atoms with van der Waals surface area (Å²) < 4.78 is 62.8. The SMILES string of the molecule is CC1CN(S(=O)(=O)N2CCN(CCOc3ccc(S(N)(=O)=O)cc3)CC2)CC(C)O1. The third kappa shape index (κ3) is 5.90. The van der Waals surface area contributed by atoms with E-state index in [2.05, 4.69) is 4.90 Å². The second-order valence-corrected chi connectivity index (χ2v) is 11.2. The van der Waals surface area contributed by atoms with Gasteiger partial charge in [-0.15, -0.1) is 0 Å². The Hall–Kier alpha value is -1.28. The highest BCUT2D eigenvalue weighted by molar-refractivity contribution is 7.89. The van der Waals surface area contributed by atoms with Crippen molar-refractivity contribution in [3.63, 3.8) is 0 Å². The van der Waals surface area contributed by atoms with Gasteiger partial charge in [0.1, 0.15) is 12.4 Å². The highest BCUT2D eigenvalue weighted by Crippen LogP contribution is 2.19. The molecule has 0 saturated carbocycles. The van der Waals surface area contributed by atoms with Crippen molar-refractivity contribution in [2.45, 2.75) is 31.0 Å². The van der Waals surface area contributed by atoms with E-state index in [4.69, 9.17) is 14.6 Å². The van der Waals surface area contributed by atoms with Gasteiger partial charge in [-0.1, -0.05) is 0 Å². The fourth-order valence-corrected chi connectivity index (χ4v) is 5.95. The summed E-state index contributed by atoms with van der Waals surface area (Å²) in [4.78, 5) is 2.19. The summed E-state index contributed by atoms with van der Waals surface area (Å²) in [6, 6.07) is 5.94. The van der Waals surface area contributed by atoms with Crippen LogP contribution >= 0.6 is 0 Å². The molecule has 0 aliphatic carbocycles. The van der Waals surface area contributed by atoms with E-state index in [0.29, 0.717) is 58.2 Å². The summed E-state index contributed by atoms with van der Waals surface area (Å²) in [5, 5.41) is 5.08. The quantitative estimate of drug-likeness (QED) is 0.589. The average molecular weight is 463 g/mol. The summed E-state index contributed by atoms with van der Waals surface area (Å²) in [7, 11) is -7.20. The molecule has 0 radical (unpaired) electrons. The Bertz CT molecular complexity index is 904. The Balaban J connectivity index is 1.44. The van der Waals surface area contributed by atoms with Gasteiger partial charge in [0.25, 0.3) is 10.2 Å². The highest BCUT2D eigenvalue weighted by Gasteiger charge is 2.36. The van der Waals surface area contributed by atoms with Gasteiger partial charge in [-0.25, -0.2) is 13.6 Å². The monoisotopic (exact) mass is 462 g/mol. The van der Waals surface area contributed by atoms with Crippen LogP contribution in [0, 0.1) is 0 Å². The first-order valence-electron chi connectivity index (χ1n) is 9.94. The van der Waals surface area contributed by atoms with Crippen LogP contribution in [0.1, 0.15) is 13.8 Å². The van der Waals surface area contributed by atoms with E-state index in [9.17, 15) is 16.8 Å². The van der Waals surface area contributed by atoms with Crippen molar-refractivity contribution >= 4 is 20.2 Å². The Kier molecular flexibility index (Phi) is 7.38. The van der Waals surface area contributed by atoms with E-state index in [1.54, 1.807) is 16.4 Å². The lowest BCUT2D eigenvalue weighted by Crippen LogP contribution is -2.57. The first-order valence-corrected chi connectivity index (χ1v) is 12.9. The number of rotatable bonds is 7. The third-order valence-corrected chi connectivity index (χ3v) is 8.10. The molecular weight excluding hydrogens is 432 g/mol. The molecule has 2 atom stereocenters. The summed E-state index contributed by atoms with van der Waals surface area (Å²) in [5.41, 5.74) is 0. The number of hydrogen-bond acceptors (Lipinski definition) is 7. The van der Waals surface area contributed by atoms with E-state index in [1.807, 2.05) is 13.8 Å². The number of nitrogens with two attached hydrogens (primary N) is 1. The van der Waals surface area contributed by atoms with Crippen molar-refractivity contribution in [1.29, 1.82) is 0 Å². The van der Waals surface area contributed by atoms with E-state index < -0.39 is 20.2 Å². The molecule has 0 spiro atoms. The number of morpholine rings is 1. The molecule has 2 heterocycles. The number of ether oxygens (including phenoxy) is 2. The molecule has 2 unspecified atom stereocenters. The predicted octanol–water partition coefficient (Wildman–Crippen LogP) is -0.316. The van der Waals surface area contributed by atoms with Gasteiger partial charge in [0.2, 0.25) is 10.0 Å². The van der Waals surface area contributed by atoms with Crippen LogP contribution in [0.3, 0.4) is 0 Å². The van der Waals surface area contributed by atoms with Gasteiger partial charge in [0, 0.05) is 45.8 Å². The summed E-state index contributed by atoms with van der Waals surface area (Å²) in [5.74, 6) is 0.555. The third-order valence-electron chi connectivity index (χ3n) is 5.20. The molecule has 0 bridgehead atoms. The van der Waals surface area contributed by atoms with E-state index in [1.165, 1.54) is 16.4 Å². The van der Waals surface area contributed by atoms with Gasteiger partial charge in [-0.05, 0) is 38.1 Å². The molecule has 12 heteroatoms. The Morgan fingerprint density at radius 3 is 2.07 bits per heavy atom. The molecular formula is C18H30N4O6S2. The maximum Gasteiger partial charge on any atom is 0.282 e. The molecule has 170 valence electrons. The van der Waals surface area contributed by atoms with Crippen molar-refractivity contribution < 1.29 is 26.3 Å². The van der Waals surface area contributed by atoms with Crippen LogP contribution in [0.15, 0.2) is 29.2 Å². The van der Waals surface area contributed by atoms with Gasteiger partial charge in [-0.3, -0.25) is 4.90 Å². The zero-order valence-electron chi connectivity index (χ0n) is 17.3. The molecule has 2 aliphatic heterocycles. The van der Waals surface area contributed by atoms with Crippen molar-refractivity contribution in [2.24, 2.45) is 5.14 Å². The molecule has 2 aliphatic rings. The topological polar surface area (TPSA) is 122 Å². The average Bonchev–Trinajstić information content (AvgIpc) is 2.67. The molecule has 10 nitrogen and oxygen atoms in total. The zero-order chi connectivity index (χ0) is 21.9. The number of nitrogens with zero attached hydrogens (tertiary/aromatic N) is 3. The lowest BCUT2D eigenvalue weighted by molar-refractivity contribution is -0.0457. The van der Waals surface area contributed by atoms with E-state index >= 15 is 0 Å². The van der Waals surface area contributed by atoms with Gasteiger partial charge in [0.15, 0.2) is 0 Å². The van der Waals surface area contributed by atoms with E-state index in [0.717, 1.165) is 0 Å². The van der Waals surface area contributed by atoms with Crippen LogP contribution in [-0.2, 0) is 25.0 Å². The largest absolute Gasteiger partial charge is 0.492 e. The van der Waals surface area contributed by atoms with Gasteiger partial charge >= 0.3 is 0 Å². The second kappa shape index (κ2) is 9.47. The first kappa shape index (κ1) is 23.4. The lowest BCUT2D eigenvalue weighted by Gasteiger charge is -2.40. The highest BCUT2D eigenvalue weighted by atomic mass is 32.2. The minimum atomic E-state index is -3.72. The summed E-state index contributed by atoms with van der Waals surface area (Å²) in [6.45, 7) is 7.73. The van der Waals surface area contributed by atoms with Crippen LogP contribution in [-0.4, -0.2) is 95.0 Å². The predicted molar refractivity (Wildman–Crippen MR) is 112 cm³/mol. The molecule has 3 rings (SSSR count). The van der Waals surface area contributed by atoms with Crippen LogP contribution in [0.4, 0.5) is 0 Å². The van der Waals surface area contributed by atoms with Gasteiger partial charge < -0.3 is 9.47 Å². The molecule has 2 fully saturated rings. The first-order chi connectivity index (χ1) is 14.1. The minimum absolute atomic E-state index is 0.0382. The van der Waals surface area contributed by atoms with Crippen LogP contribution in [0.2, 0.25) is 0 Å². The number of benzene rings is 1. The standard InChI is InChI=1S/C18H30N4O6S2/c1-15-13-22(14-16(2)28-15)30(25,26)21-9-7-20(8-10-21)11-12-27-17-3-5-18(6-4-17)29(19,23)24/h3-6,15-16H,7-14H2,1-2H3,(H2,19,23,24). The molecule has 1 aromatic rings. The number of piperazine rings is 1. The summed E-state index contributed by atoms with van der Waals surface area (Å²) in [6.07, 6.45) is -0.220. The Morgan fingerprint density at radius 1 is 0.967 bits per heavy atom. The smallest absolute Gasteiger partial charge is 0.282 e. The molecule has 2 N–H and O–H groups in total. The molecule has 2 saturated heterocycles. The van der Waals surface area contributed by atoms with Gasteiger partial charge in [0.05, 0.1) is 17.1 Å². The maximum absolute atomic E-state index is 12.9. The number of hydrogen-bond donors (Lipinski definition) is 1. The fourth-order valence-electron chi connectivity index (χ4n) is 3.68. The van der Waals surface area contributed by atoms with Crippen molar-refractivity contribution in [3.8, 4) is 5.75 Å².